The molecule has 0 unspecified atom stereocenters. The summed E-state index contributed by atoms with van der Waals surface area (Å²) in [4.78, 5) is 11.4. The third-order valence-corrected chi connectivity index (χ3v) is 4.51. The molecule has 2 aromatic carbocycles. The lowest BCUT2D eigenvalue weighted by Gasteiger charge is -2.10. The molecule has 6 nitrogen and oxygen atoms in total. The number of anilines is 2. The molecule has 0 heterocycles. The first-order valence-electron chi connectivity index (χ1n) is 7.01. The number of hydrogen-bond donors (Lipinski definition) is 2. The standard InChI is InChI=1S/C16H18N2O4S/c1-3-16(19)17-12-4-6-13(7-5-12)18-23(20,21)15-10-8-14(22-2)9-11-15/h4-11,18H,3H2,1-2H3,(H,17,19). The molecule has 0 saturated heterocycles. The minimum Gasteiger partial charge on any atom is -0.497 e. The number of nitrogens with one attached hydrogen (secondary N) is 2. The molecule has 0 fully saturated rings. The van der Waals surface area contributed by atoms with Crippen LogP contribution in [0.5, 0.6) is 5.75 Å². The van der Waals surface area contributed by atoms with Gasteiger partial charge >= 0.3 is 0 Å². The van der Waals surface area contributed by atoms with Crippen LogP contribution in [-0.4, -0.2) is 21.4 Å². The first kappa shape index (κ1) is 16.8. The number of rotatable bonds is 6. The van der Waals surface area contributed by atoms with Crippen molar-refractivity contribution in [3.63, 3.8) is 0 Å². The van der Waals surface area contributed by atoms with Gasteiger partial charge in [0, 0.05) is 17.8 Å². The first-order valence-corrected chi connectivity index (χ1v) is 8.49. The number of hydrogen-bond acceptors (Lipinski definition) is 4. The molecule has 0 aliphatic rings. The predicted molar refractivity (Wildman–Crippen MR) is 89.2 cm³/mol. The summed E-state index contributed by atoms with van der Waals surface area (Å²) in [6.07, 6.45) is 0.381. The molecule has 0 saturated carbocycles. The highest BCUT2D eigenvalue weighted by Gasteiger charge is 2.14. The van der Waals surface area contributed by atoms with E-state index in [1.165, 1.54) is 19.2 Å². The molecular formula is C16H18N2O4S. The second-order valence-corrected chi connectivity index (χ2v) is 6.44. The summed E-state index contributed by atoms with van der Waals surface area (Å²) in [5.74, 6) is 0.483. The maximum Gasteiger partial charge on any atom is 0.261 e. The van der Waals surface area contributed by atoms with Crippen molar-refractivity contribution in [2.24, 2.45) is 0 Å². The average molecular weight is 334 g/mol. The van der Waals surface area contributed by atoms with Crippen LogP contribution in [0.1, 0.15) is 13.3 Å². The Bertz CT molecular complexity index is 769. The third kappa shape index (κ3) is 4.46. The van der Waals surface area contributed by atoms with Crippen LogP contribution in [0.2, 0.25) is 0 Å². The zero-order valence-corrected chi connectivity index (χ0v) is 13.7. The SMILES string of the molecule is CCC(=O)Nc1ccc(NS(=O)(=O)c2ccc(OC)cc2)cc1. The van der Waals surface area contributed by atoms with Gasteiger partial charge in [-0.15, -0.1) is 0 Å². The van der Waals surface area contributed by atoms with E-state index >= 15 is 0 Å². The van der Waals surface area contributed by atoms with Crippen LogP contribution < -0.4 is 14.8 Å². The van der Waals surface area contributed by atoms with E-state index in [9.17, 15) is 13.2 Å². The minimum absolute atomic E-state index is 0.100. The molecule has 0 atom stereocenters. The Kier molecular flexibility index (Phi) is 5.23. The van der Waals surface area contributed by atoms with Crippen molar-refractivity contribution in [3.05, 3.63) is 48.5 Å². The highest BCUT2D eigenvalue weighted by Crippen LogP contribution is 2.20. The van der Waals surface area contributed by atoms with Gasteiger partial charge in [0.1, 0.15) is 5.75 Å². The fourth-order valence-electron chi connectivity index (χ4n) is 1.84. The van der Waals surface area contributed by atoms with E-state index in [-0.39, 0.29) is 10.8 Å². The van der Waals surface area contributed by atoms with Crippen molar-refractivity contribution in [2.75, 3.05) is 17.1 Å². The number of benzene rings is 2. The molecular weight excluding hydrogens is 316 g/mol. The van der Waals surface area contributed by atoms with Crippen LogP contribution >= 0.6 is 0 Å². The summed E-state index contributed by atoms with van der Waals surface area (Å²) in [5, 5.41) is 2.70. The maximum absolute atomic E-state index is 12.3. The minimum atomic E-state index is -3.67. The first-order chi connectivity index (χ1) is 10.9. The second-order valence-electron chi connectivity index (χ2n) is 4.76. The molecule has 1 amide bonds. The van der Waals surface area contributed by atoms with Crippen molar-refractivity contribution in [1.29, 1.82) is 0 Å². The lowest BCUT2D eigenvalue weighted by atomic mass is 10.3. The number of methoxy groups -OCH3 is 1. The van der Waals surface area contributed by atoms with Gasteiger partial charge in [-0.2, -0.15) is 0 Å². The molecule has 23 heavy (non-hydrogen) atoms. The van der Waals surface area contributed by atoms with Gasteiger partial charge in [-0.25, -0.2) is 8.42 Å². The number of carbonyl (C=O) groups excluding carboxylic acids is 1. The quantitative estimate of drug-likeness (QED) is 0.851. The highest BCUT2D eigenvalue weighted by molar-refractivity contribution is 7.92. The topological polar surface area (TPSA) is 84.5 Å². The Morgan fingerprint density at radius 3 is 2.09 bits per heavy atom. The maximum atomic E-state index is 12.3. The van der Waals surface area contributed by atoms with Gasteiger partial charge in [-0.3, -0.25) is 9.52 Å². The second kappa shape index (κ2) is 7.15. The molecule has 0 spiro atoms. The van der Waals surface area contributed by atoms with Crippen molar-refractivity contribution in [1.82, 2.24) is 0 Å². The molecule has 0 radical (unpaired) electrons. The van der Waals surface area contributed by atoms with Gasteiger partial charge in [0.25, 0.3) is 10.0 Å². The third-order valence-electron chi connectivity index (χ3n) is 3.11. The lowest BCUT2D eigenvalue weighted by Crippen LogP contribution is -2.13. The summed E-state index contributed by atoms with van der Waals surface area (Å²) in [6, 6.07) is 12.6. The number of amides is 1. The molecule has 2 rings (SSSR count). The molecule has 2 aromatic rings. The van der Waals surface area contributed by atoms with Crippen LogP contribution in [0.3, 0.4) is 0 Å². The lowest BCUT2D eigenvalue weighted by molar-refractivity contribution is -0.115. The molecule has 0 aliphatic carbocycles. The summed E-state index contributed by atoms with van der Waals surface area (Å²) in [6.45, 7) is 1.76. The summed E-state index contributed by atoms with van der Waals surface area (Å²) in [7, 11) is -2.16. The van der Waals surface area contributed by atoms with Crippen LogP contribution in [0.15, 0.2) is 53.4 Å². The Hall–Kier alpha value is -2.54. The van der Waals surface area contributed by atoms with Gasteiger partial charge in [0.2, 0.25) is 5.91 Å². The van der Waals surface area contributed by atoms with Gasteiger partial charge in [0.15, 0.2) is 0 Å². The molecule has 0 aliphatic heterocycles. The highest BCUT2D eigenvalue weighted by atomic mass is 32.2. The van der Waals surface area contributed by atoms with Crippen LogP contribution in [0, 0.1) is 0 Å². The fourth-order valence-corrected chi connectivity index (χ4v) is 2.90. The van der Waals surface area contributed by atoms with E-state index in [2.05, 4.69) is 10.0 Å². The van der Waals surface area contributed by atoms with E-state index in [0.29, 0.717) is 23.5 Å². The predicted octanol–water partition coefficient (Wildman–Crippen LogP) is 2.84. The summed E-state index contributed by atoms with van der Waals surface area (Å²) in [5.41, 5.74) is 1.03. The largest absolute Gasteiger partial charge is 0.497 e. The van der Waals surface area contributed by atoms with Crippen molar-refractivity contribution >= 4 is 27.3 Å². The Balaban J connectivity index is 2.12. The summed E-state index contributed by atoms with van der Waals surface area (Å²) < 4.78 is 32.1. The number of sulfonamides is 1. The smallest absolute Gasteiger partial charge is 0.261 e. The van der Waals surface area contributed by atoms with Crippen LogP contribution in [0.4, 0.5) is 11.4 Å². The van der Waals surface area contributed by atoms with E-state index in [4.69, 9.17) is 4.74 Å². The zero-order chi connectivity index (χ0) is 16.9. The monoisotopic (exact) mass is 334 g/mol. The van der Waals surface area contributed by atoms with Gasteiger partial charge in [-0.05, 0) is 48.5 Å². The van der Waals surface area contributed by atoms with E-state index < -0.39 is 10.0 Å². The van der Waals surface area contributed by atoms with Crippen molar-refractivity contribution in [3.8, 4) is 5.75 Å². The fraction of sp³-hybridized carbons (Fsp3) is 0.188. The summed E-state index contributed by atoms with van der Waals surface area (Å²) >= 11 is 0. The van der Waals surface area contributed by atoms with Crippen LogP contribution in [-0.2, 0) is 14.8 Å². The Morgan fingerprint density at radius 2 is 1.57 bits per heavy atom. The van der Waals surface area contributed by atoms with E-state index in [1.54, 1.807) is 43.3 Å². The van der Waals surface area contributed by atoms with Gasteiger partial charge in [-0.1, -0.05) is 6.92 Å². The normalized spacial score (nSPS) is 10.9. The molecule has 0 aromatic heterocycles. The van der Waals surface area contributed by atoms with E-state index in [1.807, 2.05) is 0 Å². The van der Waals surface area contributed by atoms with Gasteiger partial charge in [0.05, 0.1) is 12.0 Å². The van der Waals surface area contributed by atoms with Crippen molar-refractivity contribution < 1.29 is 17.9 Å². The Labute approximate surface area is 135 Å². The van der Waals surface area contributed by atoms with E-state index in [0.717, 1.165) is 0 Å². The zero-order valence-electron chi connectivity index (χ0n) is 12.9. The van der Waals surface area contributed by atoms with Crippen molar-refractivity contribution in [2.45, 2.75) is 18.2 Å². The molecule has 7 heteroatoms. The average Bonchev–Trinajstić information content (AvgIpc) is 2.56. The molecule has 122 valence electrons. The van der Waals surface area contributed by atoms with Crippen LogP contribution in [0.25, 0.3) is 0 Å². The molecule has 0 bridgehead atoms. The van der Waals surface area contributed by atoms with Gasteiger partial charge < -0.3 is 10.1 Å². The molecule has 2 N–H and O–H groups in total. The number of ether oxygens (including phenoxy) is 1. The Morgan fingerprint density at radius 1 is 1.00 bits per heavy atom. The number of carbonyl (C=O) groups is 1.